The predicted molar refractivity (Wildman–Crippen MR) is 170 cm³/mol. The lowest BCUT2D eigenvalue weighted by Gasteiger charge is -2.62. The first kappa shape index (κ1) is 38.7. The molecule has 280 valence electrons. The highest BCUT2D eigenvalue weighted by atomic mass is 16.7. The van der Waals surface area contributed by atoms with Gasteiger partial charge in [0.15, 0.2) is 12.1 Å². The molecule has 1 aliphatic heterocycles. The Morgan fingerprint density at radius 2 is 1.65 bits per heavy atom. The molecule has 16 atom stereocenters. The van der Waals surface area contributed by atoms with E-state index in [-0.39, 0.29) is 37.9 Å². The average Bonchev–Trinajstić information content (AvgIpc) is 3.30. The van der Waals surface area contributed by atoms with Crippen LogP contribution >= 0.6 is 0 Å². The Morgan fingerprint density at radius 3 is 2.27 bits per heavy atom. The number of hydrogen-bond donors (Lipinski definition) is 9. The van der Waals surface area contributed by atoms with Gasteiger partial charge in [0.2, 0.25) is 0 Å². The van der Waals surface area contributed by atoms with Crippen molar-refractivity contribution in [1.82, 2.24) is 0 Å². The molecule has 14 nitrogen and oxygen atoms in total. The van der Waals surface area contributed by atoms with Crippen LogP contribution in [-0.2, 0) is 23.8 Å². The van der Waals surface area contributed by atoms with Crippen molar-refractivity contribution < 1.29 is 69.8 Å². The summed E-state index contributed by atoms with van der Waals surface area (Å²) in [5, 5.41) is 99.0. The molecule has 0 spiro atoms. The molecule has 1 saturated heterocycles. The minimum Gasteiger partial charge on any atom is -0.460 e. The molecule has 4 aliphatic carbocycles. The lowest BCUT2D eigenvalue weighted by atomic mass is 9.45. The standard InChI is InChI=1S/C35H56O14/c1-16(37)49-31(2,3)10-9-24(48-30-28(43)27(42)26(41)22(15-36)47-30)34(6,45)23-8-12-35(46)18-13-20(38)19-14-21(39)25(40)29(44)33(19,5)17(18)7-11-32(23,35)4/h13,17,19,21-30,36,39-46H,7-12,14-15H2,1-6H3/t17-,19-,21+,22+,23-,24+,25+,26-,27-,28+,29+,30-,32+,33+,34+,35+/m0/s1. The van der Waals surface area contributed by atoms with Gasteiger partial charge >= 0.3 is 5.97 Å². The number of carbonyl (C=O) groups is 2. The molecule has 0 aromatic carbocycles. The van der Waals surface area contributed by atoms with Crippen molar-refractivity contribution in [3.63, 3.8) is 0 Å². The van der Waals surface area contributed by atoms with E-state index in [1.807, 2.05) is 6.92 Å². The van der Waals surface area contributed by atoms with E-state index < -0.39 is 113 Å². The minimum atomic E-state index is -1.77. The molecule has 5 aliphatic rings. The van der Waals surface area contributed by atoms with E-state index >= 15 is 0 Å². The summed E-state index contributed by atoms with van der Waals surface area (Å²) in [6.07, 6.45) is -10.3. The fraction of sp³-hybridized carbons (Fsp3) is 0.886. The van der Waals surface area contributed by atoms with Gasteiger partial charge in [0.05, 0.1) is 36.1 Å². The number of rotatable bonds is 9. The monoisotopic (exact) mass is 700 g/mol. The Morgan fingerprint density at radius 1 is 1.00 bits per heavy atom. The number of allylic oxidation sites excluding steroid dienone is 1. The highest BCUT2D eigenvalue weighted by molar-refractivity contribution is 5.95. The molecule has 3 saturated carbocycles. The zero-order valence-electron chi connectivity index (χ0n) is 29.2. The van der Waals surface area contributed by atoms with E-state index in [1.165, 1.54) is 13.0 Å². The second-order valence-electron chi connectivity index (χ2n) is 16.6. The van der Waals surface area contributed by atoms with Crippen LogP contribution in [0.15, 0.2) is 11.6 Å². The number of carbonyl (C=O) groups excluding carboxylic acids is 2. The van der Waals surface area contributed by atoms with Gasteiger partial charge in [0.1, 0.15) is 36.1 Å². The molecule has 0 aromatic rings. The summed E-state index contributed by atoms with van der Waals surface area (Å²) in [6.45, 7) is 9.11. The van der Waals surface area contributed by atoms with Crippen LogP contribution in [0.5, 0.6) is 0 Å². The summed E-state index contributed by atoms with van der Waals surface area (Å²) < 4.78 is 17.4. The number of aliphatic hydroxyl groups excluding tert-OH is 7. The van der Waals surface area contributed by atoms with Gasteiger partial charge in [-0.05, 0) is 89.2 Å². The van der Waals surface area contributed by atoms with Crippen molar-refractivity contribution in [2.75, 3.05) is 6.61 Å². The average molecular weight is 701 g/mol. The maximum Gasteiger partial charge on any atom is 0.303 e. The Balaban J connectivity index is 1.49. The van der Waals surface area contributed by atoms with Crippen molar-refractivity contribution in [2.24, 2.45) is 28.6 Å². The first-order valence-electron chi connectivity index (χ1n) is 17.5. The van der Waals surface area contributed by atoms with Gasteiger partial charge in [0, 0.05) is 23.7 Å². The van der Waals surface area contributed by atoms with Crippen molar-refractivity contribution in [1.29, 1.82) is 0 Å². The Hall–Kier alpha value is -1.56. The molecule has 0 radical (unpaired) electrons. The molecule has 1 heterocycles. The number of aliphatic hydroxyl groups is 9. The van der Waals surface area contributed by atoms with E-state index in [9.17, 15) is 55.5 Å². The number of hydrogen-bond acceptors (Lipinski definition) is 14. The molecular formula is C35H56O14. The molecule has 49 heavy (non-hydrogen) atoms. The van der Waals surface area contributed by atoms with E-state index in [0.29, 0.717) is 18.4 Å². The number of ketones is 1. The Labute approximate surface area is 286 Å². The Kier molecular flexibility index (Phi) is 10.4. The molecule has 5 rings (SSSR count). The van der Waals surface area contributed by atoms with Gasteiger partial charge in [-0.1, -0.05) is 13.8 Å². The van der Waals surface area contributed by atoms with E-state index in [4.69, 9.17) is 14.2 Å². The van der Waals surface area contributed by atoms with Gasteiger partial charge in [-0.25, -0.2) is 0 Å². The SMILES string of the molecule is CC(=O)OC(C)(C)CC[C@@H](O[C@@H]1O[C@H](CO)[C@H](O)[C@H](O)[C@H]1O)[C@](C)(O)[C@H]1CC[C@@]2(O)C3=CC(=O)[C@@H]4C[C@@H](O)[C@@H](O)[C@@H](O)[C@]4(C)[C@H]3CC[C@]12C. The van der Waals surface area contributed by atoms with E-state index in [2.05, 4.69) is 0 Å². The number of ether oxygens (including phenoxy) is 3. The molecule has 4 fully saturated rings. The van der Waals surface area contributed by atoms with Crippen LogP contribution in [0.4, 0.5) is 0 Å². The number of esters is 1. The number of fused-ring (bicyclic) bond motifs is 5. The summed E-state index contributed by atoms with van der Waals surface area (Å²) in [7, 11) is 0. The smallest absolute Gasteiger partial charge is 0.303 e. The van der Waals surface area contributed by atoms with Crippen molar-refractivity contribution in [3.8, 4) is 0 Å². The first-order chi connectivity index (χ1) is 22.6. The lowest BCUT2D eigenvalue weighted by molar-refractivity contribution is -0.328. The molecular weight excluding hydrogens is 644 g/mol. The highest BCUT2D eigenvalue weighted by Crippen LogP contribution is 2.68. The minimum absolute atomic E-state index is 0.0124. The molecule has 14 heteroatoms. The van der Waals surface area contributed by atoms with Crippen molar-refractivity contribution in [3.05, 3.63) is 11.6 Å². The predicted octanol–water partition coefficient (Wildman–Crippen LogP) is -0.780. The summed E-state index contributed by atoms with van der Waals surface area (Å²) in [4.78, 5) is 25.4. The van der Waals surface area contributed by atoms with Crippen LogP contribution < -0.4 is 0 Å². The van der Waals surface area contributed by atoms with Gasteiger partial charge < -0.3 is 60.2 Å². The second-order valence-corrected chi connectivity index (χ2v) is 16.6. The molecule has 0 bridgehead atoms. The van der Waals surface area contributed by atoms with E-state index in [1.54, 1.807) is 27.7 Å². The maximum absolute atomic E-state index is 13.6. The Bertz CT molecular complexity index is 1300. The normalized spacial score (nSPS) is 47.3. The van der Waals surface area contributed by atoms with Gasteiger partial charge in [-0.3, -0.25) is 9.59 Å². The zero-order valence-corrected chi connectivity index (χ0v) is 29.2. The summed E-state index contributed by atoms with van der Waals surface area (Å²) in [6, 6.07) is 0. The first-order valence-corrected chi connectivity index (χ1v) is 17.5. The van der Waals surface area contributed by atoms with E-state index in [0.717, 1.165) is 0 Å². The maximum atomic E-state index is 13.6. The second kappa shape index (κ2) is 13.1. The molecule has 0 amide bonds. The van der Waals surface area contributed by atoms with Crippen LogP contribution in [0.1, 0.15) is 86.5 Å². The third-order valence-corrected chi connectivity index (χ3v) is 13.2. The third-order valence-electron chi connectivity index (χ3n) is 13.2. The van der Waals surface area contributed by atoms with Gasteiger partial charge in [-0.2, -0.15) is 0 Å². The van der Waals surface area contributed by atoms with Crippen molar-refractivity contribution >= 4 is 11.8 Å². The van der Waals surface area contributed by atoms with Crippen LogP contribution in [0, 0.1) is 28.6 Å². The highest BCUT2D eigenvalue weighted by Gasteiger charge is 2.70. The molecule has 9 N–H and O–H groups in total. The van der Waals surface area contributed by atoms with Crippen LogP contribution in [-0.4, -0.2) is 136 Å². The quantitative estimate of drug-likeness (QED) is 0.134. The molecule has 0 aromatic heterocycles. The van der Waals surface area contributed by atoms with Crippen LogP contribution in [0.25, 0.3) is 0 Å². The van der Waals surface area contributed by atoms with Gasteiger partial charge in [-0.15, -0.1) is 0 Å². The summed E-state index contributed by atoms with van der Waals surface area (Å²) in [5.41, 5.74) is -6.10. The largest absolute Gasteiger partial charge is 0.460 e. The molecule has 0 unspecified atom stereocenters. The fourth-order valence-electron chi connectivity index (χ4n) is 10.3. The summed E-state index contributed by atoms with van der Waals surface area (Å²) in [5.74, 6) is -2.77. The zero-order chi connectivity index (χ0) is 36.6. The van der Waals surface area contributed by atoms with Gasteiger partial charge in [0.25, 0.3) is 0 Å². The fourth-order valence-corrected chi connectivity index (χ4v) is 10.3. The topological polar surface area (TPSA) is 244 Å². The third kappa shape index (κ3) is 6.12. The van der Waals surface area contributed by atoms with Crippen LogP contribution in [0.3, 0.4) is 0 Å². The van der Waals surface area contributed by atoms with Crippen LogP contribution in [0.2, 0.25) is 0 Å². The lowest BCUT2D eigenvalue weighted by Crippen LogP contribution is -2.67. The summed E-state index contributed by atoms with van der Waals surface area (Å²) >= 11 is 0. The van der Waals surface area contributed by atoms with Crippen molar-refractivity contribution in [2.45, 2.75) is 158 Å².